The summed E-state index contributed by atoms with van der Waals surface area (Å²) in [7, 11) is -3.88. The third-order valence-corrected chi connectivity index (χ3v) is 4.96. The number of nitriles is 1. The van der Waals surface area contributed by atoms with E-state index in [0.717, 1.165) is 4.31 Å². The van der Waals surface area contributed by atoms with Crippen molar-refractivity contribution in [1.82, 2.24) is 4.31 Å². The van der Waals surface area contributed by atoms with Crippen LogP contribution in [-0.2, 0) is 14.8 Å². The Morgan fingerprint density at radius 2 is 2.05 bits per heavy atom. The van der Waals surface area contributed by atoms with E-state index in [1.54, 1.807) is 32.9 Å². The van der Waals surface area contributed by atoms with Crippen LogP contribution in [0.2, 0.25) is 0 Å². The van der Waals surface area contributed by atoms with E-state index in [2.05, 4.69) is 0 Å². The third-order valence-electron chi connectivity index (χ3n) is 2.79. The summed E-state index contributed by atoms with van der Waals surface area (Å²) in [6, 6.07) is 5.90. The number of amides is 1. The molecule has 1 rings (SSSR count). The standard InChI is InChI=1S/C13H17N3O3S/c1-9(2)16(8-13(15)17)20(18,19)12-6-11(7-14)5-4-10(12)3/h4-6,9H,8H2,1-3H3,(H2,15,17). The summed E-state index contributed by atoms with van der Waals surface area (Å²) in [6.45, 7) is 4.56. The fraction of sp³-hybridized carbons (Fsp3) is 0.385. The minimum Gasteiger partial charge on any atom is -0.369 e. The van der Waals surface area contributed by atoms with Crippen LogP contribution >= 0.6 is 0 Å². The molecule has 1 aromatic carbocycles. The number of carbonyl (C=O) groups is 1. The smallest absolute Gasteiger partial charge is 0.244 e. The molecule has 0 aliphatic rings. The lowest BCUT2D eigenvalue weighted by atomic mass is 10.2. The largest absolute Gasteiger partial charge is 0.369 e. The quantitative estimate of drug-likeness (QED) is 0.865. The number of carbonyl (C=O) groups excluding carboxylic acids is 1. The maximum atomic E-state index is 12.6. The molecule has 20 heavy (non-hydrogen) atoms. The molecule has 1 amide bonds. The van der Waals surface area contributed by atoms with Crippen LogP contribution in [0.15, 0.2) is 23.1 Å². The van der Waals surface area contributed by atoms with Gasteiger partial charge in [0.15, 0.2) is 0 Å². The Bertz CT molecular complexity index is 660. The molecular weight excluding hydrogens is 278 g/mol. The molecule has 0 unspecified atom stereocenters. The van der Waals surface area contributed by atoms with Crippen LogP contribution < -0.4 is 5.73 Å². The van der Waals surface area contributed by atoms with Gasteiger partial charge in [0.1, 0.15) is 0 Å². The van der Waals surface area contributed by atoms with E-state index in [1.807, 2.05) is 6.07 Å². The molecule has 1 aromatic rings. The van der Waals surface area contributed by atoms with Gasteiger partial charge in [0, 0.05) is 6.04 Å². The lowest BCUT2D eigenvalue weighted by molar-refractivity contribution is -0.118. The van der Waals surface area contributed by atoms with Crippen LogP contribution in [0.1, 0.15) is 25.0 Å². The summed E-state index contributed by atoms with van der Waals surface area (Å²) in [5.41, 5.74) is 5.86. The molecule has 0 aromatic heterocycles. The van der Waals surface area contributed by atoms with Crippen LogP contribution in [0.4, 0.5) is 0 Å². The van der Waals surface area contributed by atoms with Gasteiger partial charge in [-0.3, -0.25) is 4.79 Å². The van der Waals surface area contributed by atoms with Crippen LogP contribution in [0.3, 0.4) is 0 Å². The van der Waals surface area contributed by atoms with Crippen molar-refractivity contribution in [2.75, 3.05) is 6.54 Å². The van der Waals surface area contributed by atoms with Gasteiger partial charge >= 0.3 is 0 Å². The number of rotatable bonds is 5. The second-order valence-electron chi connectivity index (χ2n) is 4.70. The molecular formula is C13H17N3O3S. The van der Waals surface area contributed by atoms with Crippen molar-refractivity contribution >= 4 is 15.9 Å². The molecule has 0 radical (unpaired) electrons. The van der Waals surface area contributed by atoms with Crippen molar-refractivity contribution in [3.63, 3.8) is 0 Å². The predicted molar refractivity (Wildman–Crippen MR) is 74.1 cm³/mol. The molecule has 0 saturated heterocycles. The van der Waals surface area contributed by atoms with Crippen molar-refractivity contribution < 1.29 is 13.2 Å². The molecule has 108 valence electrons. The second-order valence-corrected chi connectivity index (χ2v) is 6.56. The van der Waals surface area contributed by atoms with Gasteiger partial charge in [-0.15, -0.1) is 0 Å². The van der Waals surface area contributed by atoms with Gasteiger partial charge in [-0.2, -0.15) is 9.57 Å². The first-order valence-electron chi connectivity index (χ1n) is 6.01. The van der Waals surface area contributed by atoms with Gasteiger partial charge in [-0.1, -0.05) is 6.07 Å². The van der Waals surface area contributed by atoms with Crippen molar-refractivity contribution in [2.45, 2.75) is 31.7 Å². The van der Waals surface area contributed by atoms with Crippen molar-refractivity contribution in [1.29, 1.82) is 5.26 Å². The number of nitrogens with zero attached hydrogens (tertiary/aromatic N) is 2. The number of benzene rings is 1. The summed E-state index contributed by atoms with van der Waals surface area (Å²) in [6.07, 6.45) is 0. The minimum absolute atomic E-state index is 0.0199. The number of sulfonamides is 1. The topological polar surface area (TPSA) is 104 Å². The zero-order valence-electron chi connectivity index (χ0n) is 11.6. The Balaban J connectivity index is 3.41. The highest BCUT2D eigenvalue weighted by Gasteiger charge is 2.29. The third kappa shape index (κ3) is 3.35. The van der Waals surface area contributed by atoms with Crippen LogP contribution in [-0.4, -0.2) is 31.2 Å². The summed E-state index contributed by atoms with van der Waals surface area (Å²) in [5, 5.41) is 8.88. The lowest BCUT2D eigenvalue weighted by Crippen LogP contribution is -2.42. The first-order chi connectivity index (χ1) is 9.20. The highest BCUT2D eigenvalue weighted by Crippen LogP contribution is 2.22. The molecule has 2 N–H and O–H groups in total. The molecule has 0 atom stereocenters. The van der Waals surface area contributed by atoms with Gasteiger partial charge < -0.3 is 5.73 Å². The molecule has 0 aliphatic heterocycles. The highest BCUT2D eigenvalue weighted by atomic mass is 32.2. The maximum Gasteiger partial charge on any atom is 0.244 e. The fourth-order valence-electron chi connectivity index (χ4n) is 1.77. The Hall–Kier alpha value is -1.91. The summed E-state index contributed by atoms with van der Waals surface area (Å²) in [4.78, 5) is 11.1. The number of nitrogens with two attached hydrogens (primary N) is 1. The first kappa shape index (κ1) is 16.1. The average Bonchev–Trinajstić information content (AvgIpc) is 2.35. The number of aryl methyl sites for hydroxylation is 1. The molecule has 7 heteroatoms. The van der Waals surface area contributed by atoms with E-state index in [-0.39, 0.29) is 10.5 Å². The minimum atomic E-state index is -3.88. The number of primary amides is 1. The summed E-state index contributed by atoms with van der Waals surface area (Å²) >= 11 is 0. The van der Waals surface area contributed by atoms with E-state index in [4.69, 9.17) is 11.0 Å². The SMILES string of the molecule is Cc1ccc(C#N)cc1S(=O)(=O)N(CC(N)=O)C(C)C. The predicted octanol–water partition coefficient (Wildman–Crippen LogP) is 0.751. The molecule has 0 fully saturated rings. The van der Waals surface area contributed by atoms with E-state index in [9.17, 15) is 13.2 Å². The van der Waals surface area contributed by atoms with Gasteiger partial charge in [0.2, 0.25) is 15.9 Å². The molecule has 0 aliphatic carbocycles. The highest BCUT2D eigenvalue weighted by molar-refractivity contribution is 7.89. The van der Waals surface area contributed by atoms with E-state index in [0.29, 0.717) is 5.56 Å². The molecule has 0 saturated carbocycles. The molecule has 0 bridgehead atoms. The normalized spacial score (nSPS) is 11.6. The van der Waals surface area contributed by atoms with E-state index >= 15 is 0 Å². The Labute approximate surface area is 118 Å². The zero-order chi connectivity index (χ0) is 15.5. The maximum absolute atomic E-state index is 12.6. The van der Waals surface area contributed by atoms with E-state index < -0.39 is 28.5 Å². The number of hydrogen-bond acceptors (Lipinski definition) is 4. The lowest BCUT2D eigenvalue weighted by Gasteiger charge is -2.25. The Morgan fingerprint density at radius 1 is 1.45 bits per heavy atom. The molecule has 0 spiro atoms. The van der Waals surface area contributed by atoms with Crippen LogP contribution in [0, 0.1) is 18.3 Å². The van der Waals surface area contributed by atoms with Crippen molar-refractivity contribution in [3.05, 3.63) is 29.3 Å². The van der Waals surface area contributed by atoms with Crippen LogP contribution in [0.5, 0.6) is 0 Å². The van der Waals surface area contributed by atoms with Crippen LogP contribution in [0.25, 0.3) is 0 Å². The van der Waals surface area contributed by atoms with Gasteiger partial charge in [0.25, 0.3) is 0 Å². The zero-order valence-corrected chi connectivity index (χ0v) is 12.4. The molecule has 0 heterocycles. The van der Waals surface area contributed by atoms with Gasteiger partial charge in [-0.05, 0) is 38.5 Å². The Kier molecular flexibility index (Phi) is 4.87. The Morgan fingerprint density at radius 3 is 2.50 bits per heavy atom. The summed E-state index contributed by atoms with van der Waals surface area (Å²) < 4.78 is 26.2. The summed E-state index contributed by atoms with van der Waals surface area (Å²) in [5.74, 6) is -0.726. The monoisotopic (exact) mass is 295 g/mol. The average molecular weight is 295 g/mol. The molecule has 6 nitrogen and oxygen atoms in total. The first-order valence-corrected chi connectivity index (χ1v) is 7.45. The number of hydrogen-bond donors (Lipinski definition) is 1. The van der Waals surface area contributed by atoms with Gasteiger partial charge in [0.05, 0.1) is 23.1 Å². The van der Waals surface area contributed by atoms with Gasteiger partial charge in [-0.25, -0.2) is 8.42 Å². The fourth-order valence-corrected chi connectivity index (χ4v) is 3.63. The van der Waals surface area contributed by atoms with Crippen molar-refractivity contribution in [3.8, 4) is 6.07 Å². The second kappa shape index (κ2) is 6.03. The van der Waals surface area contributed by atoms with Crippen molar-refractivity contribution in [2.24, 2.45) is 5.73 Å². The van der Waals surface area contributed by atoms with E-state index in [1.165, 1.54) is 6.07 Å².